The maximum Gasteiger partial charge on any atom is 0.246 e. The number of rotatable bonds is 6. The van der Waals surface area contributed by atoms with E-state index in [2.05, 4.69) is 9.80 Å². The molecule has 8 heteroatoms. The molecule has 2 heterocycles. The van der Waals surface area contributed by atoms with Crippen LogP contribution in [0.25, 0.3) is 0 Å². The molecule has 146 valence electrons. The van der Waals surface area contributed by atoms with Gasteiger partial charge >= 0.3 is 0 Å². The van der Waals surface area contributed by atoms with E-state index in [1.165, 1.54) is 7.11 Å². The molecule has 0 bridgehead atoms. The predicted molar refractivity (Wildman–Crippen MR) is 100 cm³/mol. The van der Waals surface area contributed by atoms with Crippen LogP contribution in [0.3, 0.4) is 0 Å². The van der Waals surface area contributed by atoms with Crippen LogP contribution in [0.2, 0.25) is 0 Å². The van der Waals surface area contributed by atoms with Gasteiger partial charge in [-0.3, -0.25) is 9.80 Å². The van der Waals surface area contributed by atoms with Gasteiger partial charge in [-0.1, -0.05) is 6.07 Å². The van der Waals surface area contributed by atoms with Crippen molar-refractivity contribution in [3.8, 4) is 5.75 Å². The summed E-state index contributed by atoms with van der Waals surface area (Å²) in [5.41, 5.74) is 0.911. The third kappa shape index (κ3) is 4.55. The van der Waals surface area contributed by atoms with Crippen LogP contribution in [-0.2, 0) is 14.8 Å². The molecule has 1 aromatic carbocycles. The van der Waals surface area contributed by atoms with Crippen molar-refractivity contribution >= 4 is 10.0 Å². The van der Waals surface area contributed by atoms with E-state index in [4.69, 9.17) is 9.47 Å². The first-order valence-electron chi connectivity index (χ1n) is 9.18. The van der Waals surface area contributed by atoms with E-state index in [9.17, 15) is 8.42 Å². The summed E-state index contributed by atoms with van der Waals surface area (Å²) in [4.78, 5) is 5.01. The molecule has 0 aliphatic carbocycles. The number of ether oxygens (including phenoxy) is 2. The average Bonchev–Trinajstić information content (AvgIpc) is 2.67. The number of hydrogen-bond donors (Lipinski definition) is 0. The average molecular weight is 384 g/mol. The number of morpholine rings is 1. The largest absolute Gasteiger partial charge is 0.495 e. The molecule has 7 nitrogen and oxygen atoms in total. The van der Waals surface area contributed by atoms with Crippen LogP contribution in [0, 0.1) is 6.92 Å². The van der Waals surface area contributed by atoms with Crippen molar-refractivity contribution in [2.45, 2.75) is 11.8 Å². The first-order chi connectivity index (χ1) is 12.5. The smallest absolute Gasteiger partial charge is 0.246 e. The maximum absolute atomic E-state index is 13.0. The number of nitrogens with zero attached hydrogens (tertiary/aromatic N) is 3. The van der Waals surface area contributed by atoms with E-state index in [1.807, 2.05) is 13.0 Å². The van der Waals surface area contributed by atoms with Crippen molar-refractivity contribution in [3.05, 3.63) is 23.8 Å². The first kappa shape index (κ1) is 19.6. The summed E-state index contributed by atoms with van der Waals surface area (Å²) in [5, 5.41) is 0. The zero-order chi connectivity index (χ0) is 18.6. The van der Waals surface area contributed by atoms with Crippen LogP contribution >= 0.6 is 0 Å². The van der Waals surface area contributed by atoms with Crippen molar-refractivity contribution in [2.75, 3.05) is 72.7 Å². The molecule has 3 rings (SSSR count). The highest BCUT2D eigenvalue weighted by molar-refractivity contribution is 7.89. The Labute approximate surface area is 156 Å². The normalized spacial score (nSPS) is 21.0. The summed E-state index contributed by atoms with van der Waals surface area (Å²) in [6.45, 7) is 10.0. The van der Waals surface area contributed by atoms with Crippen molar-refractivity contribution in [1.82, 2.24) is 14.1 Å². The maximum atomic E-state index is 13.0. The zero-order valence-corrected chi connectivity index (χ0v) is 16.5. The van der Waals surface area contributed by atoms with Gasteiger partial charge in [0, 0.05) is 52.4 Å². The Hall–Kier alpha value is -1.19. The number of methoxy groups -OCH3 is 1. The van der Waals surface area contributed by atoms with Crippen LogP contribution in [0.15, 0.2) is 23.1 Å². The number of piperazine rings is 1. The van der Waals surface area contributed by atoms with E-state index in [0.29, 0.717) is 18.8 Å². The summed E-state index contributed by atoms with van der Waals surface area (Å²) in [7, 11) is -2.02. The summed E-state index contributed by atoms with van der Waals surface area (Å²) >= 11 is 0. The number of aryl methyl sites for hydroxylation is 1. The molecule has 2 saturated heterocycles. The van der Waals surface area contributed by atoms with Gasteiger partial charge in [0.15, 0.2) is 0 Å². The standard InChI is InChI=1S/C18H29N3O4S/c1-16-3-4-17(24-2)18(15-16)26(22,23)21-9-7-19(8-10-21)5-6-20-11-13-25-14-12-20/h3-4,15H,5-14H2,1-2H3. The van der Waals surface area contributed by atoms with Gasteiger partial charge in [0.1, 0.15) is 10.6 Å². The molecule has 0 aromatic heterocycles. The van der Waals surface area contributed by atoms with Crippen molar-refractivity contribution in [2.24, 2.45) is 0 Å². The molecule has 1 aromatic rings. The van der Waals surface area contributed by atoms with Gasteiger partial charge in [-0.25, -0.2) is 8.42 Å². The van der Waals surface area contributed by atoms with Crippen LogP contribution in [-0.4, -0.2) is 95.2 Å². The summed E-state index contributed by atoms with van der Waals surface area (Å²) in [6.07, 6.45) is 0. The fourth-order valence-corrected chi connectivity index (χ4v) is 5.09. The first-order valence-corrected chi connectivity index (χ1v) is 10.6. The molecule has 26 heavy (non-hydrogen) atoms. The summed E-state index contributed by atoms with van der Waals surface area (Å²) in [6, 6.07) is 5.28. The second-order valence-electron chi connectivity index (χ2n) is 6.85. The van der Waals surface area contributed by atoms with Crippen LogP contribution < -0.4 is 4.74 Å². The predicted octanol–water partition coefficient (Wildman–Crippen LogP) is 0.642. The molecular weight excluding hydrogens is 354 g/mol. The highest BCUT2D eigenvalue weighted by Crippen LogP contribution is 2.28. The Balaban J connectivity index is 1.57. The molecule has 0 saturated carbocycles. The molecule has 0 amide bonds. The SMILES string of the molecule is COc1ccc(C)cc1S(=O)(=O)N1CCN(CCN2CCOCC2)CC1. The van der Waals surface area contributed by atoms with Gasteiger partial charge in [0.05, 0.1) is 20.3 Å². The van der Waals surface area contributed by atoms with E-state index < -0.39 is 10.0 Å². The lowest BCUT2D eigenvalue weighted by atomic mass is 10.2. The lowest BCUT2D eigenvalue weighted by Gasteiger charge is -2.36. The molecule has 2 aliphatic rings. The lowest BCUT2D eigenvalue weighted by molar-refractivity contribution is 0.0317. The second-order valence-corrected chi connectivity index (χ2v) is 8.76. The second kappa shape index (κ2) is 8.67. The lowest BCUT2D eigenvalue weighted by Crippen LogP contribution is -2.50. The van der Waals surface area contributed by atoms with Crippen LogP contribution in [0.1, 0.15) is 5.56 Å². The van der Waals surface area contributed by atoms with Crippen molar-refractivity contribution in [1.29, 1.82) is 0 Å². The molecule has 2 aliphatic heterocycles. The van der Waals surface area contributed by atoms with Crippen LogP contribution in [0.5, 0.6) is 5.75 Å². The minimum absolute atomic E-state index is 0.266. The van der Waals surface area contributed by atoms with Gasteiger partial charge in [-0.15, -0.1) is 0 Å². The van der Waals surface area contributed by atoms with Gasteiger partial charge in [0.25, 0.3) is 0 Å². The van der Waals surface area contributed by atoms with E-state index in [-0.39, 0.29) is 4.90 Å². The zero-order valence-electron chi connectivity index (χ0n) is 15.7. The highest BCUT2D eigenvalue weighted by Gasteiger charge is 2.31. The third-order valence-electron chi connectivity index (χ3n) is 5.10. The quantitative estimate of drug-likeness (QED) is 0.719. The summed E-state index contributed by atoms with van der Waals surface area (Å²) < 4.78 is 38.3. The Morgan fingerprint density at radius 3 is 2.23 bits per heavy atom. The molecule has 0 N–H and O–H groups in total. The molecule has 0 radical (unpaired) electrons. The van der Waals surface area contributed by atoms with Crippen molar-refractivity contribution < 1.29 is 17.9 Å². The molecule has 0 unspecified atom stereocenters. The fraction of sp³-hybridized carbons (Fsp3) is 0.667. The van der Waals surface area contributed by atoms with Gasteiger partial charge in [-0.05, 0) is 24.6 Å². The van der Waals surface area contributed by atoms with Gasteiger partial charge in [-0.2, -0.15) is 4.31 Å². The Morgan fingerprint density at radius 2 is 1.62 bits per heavy atom. The van der Waals surface area contributed by atoms with E-state index >= 15 is 0 Å². The molecular formula is C18H29N3O4S. The number of sulfonamides is 1. The monoisotopic (exact) mass is 383 g/mol. The van der Waals surface area contributed by atoms with E-state index in [0.717, 1.165) is 58.0 Å². The fourth-order valence-electron chi connectivity index (χ4n) is 3.43. The Kier molecular flexibility index (Phi) is 6.52. The highest BCUT2D eigenvalue weighted by atomic mass is 32.2. The van der Waals surface area contributed by atoms with Crippen LogP contribution in [0.4, 0.5) is 0 Å². The van der Waals surface area contributed by atoms with Gasteiger partial charge in [0.2, 0.25) is 10.0 Å². The minimum atomic E-state index is -3.53. The number of benzene rings is 1. The molecule has 2 fully saturated rings. The molecule has 0 spiro atoms. The topological polar surface area (TPSA) is 62.3 Å². The minimum Gasteiger partial charge on any atom is -0.495 e. The van der Waals surface area contributed by atoms with E-state index in [1.54, 1.807) is 16.4 Å². The Morgan fingerprint density at radius 1 is 1.00 bits per heavy atom. The van der Waals surface area contributed by atoms with Gasteiger partial charge < -0.3 is 9.47 Å². The summed E-state index contributed by atoms with van der Waals surface area (Å²) in [5.74, 6) is 0.408. The molecule has 0 atom stereocenters. The Bertz CT molecular complexity index is 696. The van der Waals surface area contributed by atoms with Crippen molar-refractivity contribution in [3.63, 3.8) is 0 Å². The third-order valence-corrected chi connectivity index (χ3v) is 7.02. The number of hydrogen-bond acceptors (Lipinski definition) is 6.